The van der Waals surface area contributed by atoms with E-state index in [9.17, 15) is 4.79 Å². The lowest BCUT2D eigenvalue weighted by molar-refractivity contribution is -0.248. The topological polar surface area (TPSA) is 38.8 Å². The van der Waals surface area contributed by atoms with Crippen LogP contribution in [0.5, 0.6) is 0 Å². The highest BCUT2D eigenvalue weighted by molar-refractivity contribution is 8.18. The molecular weight excluding hydrogens is 366 g/mol. The van der Waals surface area contributed by atoms with Crippen molar-refractivity contribution in [1.82, 2.24) is 5.06 Å². The average molecular weight is 396 g/mol. The van der Waals surface area contributed by atoms with E-state index in [1.54, 1.807) is 12.2 Å². The molecule has 6 heteroatoms. The molecule has 2 heterocycles. The van der Waals surface area contributed by atoms with Crippen molar-refractivity contribution < 1.29 is 14.4 Å². The van der Waals surface area contributed by atoms with Crippen molar-refractivity contribution in [2.45, 2.75) is 55.9 Å². The summed E-state index contributed by atoms with van der Waals surface area (Å²) in [4.78, 5) is 19.2. The molecule has 1 amide bonds. The Bertz CT molecular complexity index is 606. The van der Waals surface area contributed by atoms with E-state index in [0.29, 0.717) is 13.0 Å². The number of nitrogens with zero attached hydrogens (tertiary/aromatic N) is 1. The number of carbonyl (C=O) groups is 1. The maximum atomic E-state index is 13.0. The van der Waals surface area contributed by atoms with Crippen LogP contribution in [0.2, 0.25) is 0 Å². The van der Waals surface area contributed by atoms with Gasteiger partial charge in [-0.1, -0.05) is 37.3 Å². The summed E-state index contributed by atoms with van der Waals surface area (Å²) in [7, 11) is 1.77. The number of carbonyl (C=O) groups excluding carboxylic acids is 1. The third kappa shape index (κ3) is 3.66. The number of hydrogen-bond acceptors (Lipinski definition) is 5. The highest BCUT2D eigenvalue weighted by atomic mass is 32.2. The van der Waals surface area contributed by atoms with E-state index in [0.717, 1.165) is 29.9 Å². The zero-order valence-corrected chi connectivity index (χ0v) is 17.5. The Hall–Kier alpha value is -0.690. The zero-order chi connectivity index (χ0) is 18.6. The van der Waals surface area contributed by atoms with Crippen molar-refractivity contribution in [3.05, 3.63) is 35.9 Å². The molecule has 26 heavy (non-hydrogen) atoms. The quantitative estimate of drug-likeness (QED) is 0.723. The van der Waals surface area contributed by atoms with Gasteiger partial charge in [0.2, 0.25) is 5.91 Å². The molecule has 3 rings (SSSR count). The van der Waals surface area contributed by atoms with E-state index < -0.39 is 9.80 Å². The minimum atomic E-state index is -0.528. The largest absolute Gasteiger partial charge is 0.356 e. The SMILES string of the molecule is COC1([C@]2(C)[C@@H](C)CCCC(=O)N2OCc2ccccc2)SCCCS1. The Labute approximate surface area is 165 Å². The highest BCUT2D eigenvalue weighted by Gasteiger charge is 2.60. The van der Waals surface area contributed by atoms with Gasteiger partial charge in [0.15, 0.2) is 4.27 Å². The van der Waals surface area contributed by atoms with Crippen molar-refractivity contribution >= 4 is 29.4 Å². The van der Waals surface area contributed by atoms with Crippen LogP contribution in [-0.2, 0) is 21.0 Å². The van der Waals surface area contributed by atoms with Crippen molar-refractivity contribution in [1.29, 1.82) is 0 Å². The van der Waals surface area contributed by atoms with E-state index in [1.165, 1.54) is 6.42 Å². The van der Waals surface area contributed by atoms with Gasteiger partial charge in [0.1, 0.15) is 12.1 Å². The molecule has 0 N–H and O–H groups in total. The molecule has 2 aliphatic heterocycles. The molecule has 144 valence electrons. The Morgan fingerprint density at radius 3 is 2.54 bits per heavy atom. The fourth-order valence-electron chi connectivity index (χ4n) is 3.88. The lowest BCUT2D eigenvalue weighted by atomic mass is 9.84. The van der Waals surface area contributed by atoms with Crippen LogP contribution >= 0.6 is 23.5 Å². The maximum absolute atomic E-state index is 13.0. The van der Waals surface area contributed by atoms with Crippen LogP contribution in [0, 0.1) is 5.92 Å². The van der Waals surface area contributed by atoms with E-state index in [2.05, 4.69) is 13.8 Å². The first kappa shape index (κ1) is 20.1. The summed E-state index contributed by atoms with van der Waals surface area (Å²) in [6.07, 6.45) is 3.60. The summed E-state index contributed by atoms with van der Waals surface area (Å²) < 4.78 is 5.63. The highest BCUT2D eigenvalue weighted by Crippen LogP contribution is 2.56. The molecular formula is C20H29NO3S2. The number of thioether (sulfide) groups is 2. The van der Waals surface area contributed by atoms with Crippen LogP contribution in [0.3, 0.4) is 0 Å². The van der Waals surface area contributed by atoms with E-state index in [1.807, 2.05) is 53.9 Å². The first-order valence-corrected chi connectivity index (χ1v) is 11.3. The van der Waals surface area contributed by atoms with Gasteiger partial charge in [-0.15, -0.1) is 23.5 Å². The summed E-state index contributed by atoms with van der Waals surface area (Å²) in [5.41, 5.74) is 0.537. The number of ether oxygens (including phenoxy) is 1. The monoisotopic (exact) mass is 395 g/mol. The Balaban J connectivity index is 1.93. The smallest absolute Gasteiger partial charge is 0.246 e. The molecule has 2 saturated heterocycles. The van der Waals surface area contributed by atoms with E-state index >= 15 is 0 Å². The molecule has 0 aliphatic carbocycles. The number of hydrogen-bond donors (Lipinski definition) is 0. The first-order valence-electron chi connectivity index (χ1n) is 9.36. The lowest BCUT2D eigenvalue weighted by Crippen LogP contribution is -2.65. The Morgan fingerprint density at radius 2 is 1.88 bits per heavy atom. The van der Waals surface area contributed by atoms with Crippen LogP contribution < -0.4 is 0 Å². The normalized spacial score (nSPS) is 29.4. The lowest BCUT2D eigenvalue weighted by Gasteiger charge is -2.54. The van der Waals surface area contributed by atoms with Gasteiger partial charge in [-0.2, -0.15) is 0 Å². The third-order valence-electron chi connectivity index (χ3n) is 5.60. The van der Waals surface area contributed by atoms with Crippen molar-refractivity contribution in [2.24, 2.45) is 5.92 Å². The summed E-state index contributed by atoms with van der Waals surface area (Å²) in [5, 5.41) is 1.67. The minimum Gasteiger partial charge on any atom is -0.356 e. The number of amides is 1. The molecule has 2 aliphatic rings. The molecule has 0 saturated carbocycles. The molecule has 1 aromatic rings. The molecule has 2 atom stereocenters. The number of benzene rings is 1. The predicted molar refractivity (Wildman–Crippen MR) is 109 cm³/mol. The first-order chi connectivity index (χ1) is 12.5. The summed E-state index contributed by atoms with van der Waals surface area (Å²) in [6.45, 7) is 4.78. The van der Waals surface area contributed by atoms with Crippen molar-refractivity contribution in [3.63, 3.8) is 0 Å². The van der Waals surface area contributed by atoms with E-state index in [-0.39, 0.29) is 11.8 Å². The molecule has 0 unspecified atom stereocenters. The van der Waals surface area contributed by atoms with Crippen LogP contribution in [0.4, 0.5) is 0 Å². The Morgan fingerprint density at radius 1 is 1.19 bits per heavy atom. The van der Waals surface area contributed by atoms with Crippen LogP contribution in [0.25, 0.3) is 0 Å². The number of methoxy groups -OCH3 is 1. The minimum absolute atomic E-state index is 0.0657. The maximum Gasteiger partial charge on any atom is 0.246 e. The van der Waals surface area contributed by atoms with E-state index in [4.69, 9.17) is 9.57 Å². The molecule has 4 nitrogen and oxygen atoms in total. The zero-order valence-electron chi connectivity index (χ0n) is 15.9. The van der Waals surface area contributed by atoms with Gasteiger partial charge in [-0.25, -0.2) is 5.06 Å². The number of hydroxylamine groups is 2. The summed E-state index contributed by atoms with van der Waals surface area (Å²) in [5.74, 6) is 2.44. The molecule has 0 bridgehead atoms. The Kier molecular flexibility index (Phi) is 6.59. The molecule has 0 aromatic heterocycles. The predicted octanol–water partition coefficient (Wildman–Crippen LogP) is 4.70. The molecule has 2 fully saturated rings. The van der Waals surface area contributed by atoms with Crippen LogP contribution in [0.1, 0.15) is 45.1 Å². The van der Waals surface area contributed by atoms with Gasteiger partial charge in [-0.3, -0.25) is 9.63 Å². The van der Waals surface area contributed by atoms with Gasteiger partial charge in [-0.05, 0) is 49.2 Å². The third-order valence-corrected chi connectivity index (χ3v) is 9.21. The van der Waals surface area contributed by atoms with Gasteiger partial charge in [0, 0.05) is 13.5 Å². The van der Waals surface area contributed by atoms with Crippen LogP contribution in [0.15, 0.2) is 30.3 Å². The fourth-order valence-corrected chi connectivity index (χ4v) is 7.40. The van der Waals surface area contributed by atoms with Gasteiger partial charge < -0.3 is 4.74 Å². The summed E-state index contributed by atoms with van der Waals surface area (Å²) >= 11 is 3.65. The van der Waals surface area contributed by atoms with Gasteiger partial charge >= 0.3 is 0 Å². The van der Waals surface area contributed by atoms with Crippen molar-refractivity contribution in [2.75, 3.05) is 18.6 Å². The van der Waals surface area contributed by atoms with Gasteiger partial charge in [0.25, 0.3) is 0 Å². The second kappa shape index (κ2) is 8.55. The van der Waals surface area contributed by atoms with Crippen LogP contribution in [-0.4, -0.2) is 39.4 Å². The second-order valence-corrected chi connectivity index (χ2v) is 10.0. The van der Waals surface area contributed by atoms with Crippen molar-refractivity contribution in [3.8, 4) is 0 Å². The summed E-state index contributed by atoms with van der Waals surface area (Å²) in [6, 6.07) is 10.0. The standard InChI is InChI=1S/C20H29NO3S2/c1-16-9-7-12-18(22)21(24-15-17-10-5-4-6-11-17)19(16,2)20(23-3)25-13-8-14-26-20/h4-6,10-11,16H,7-9,12-15H2,1-3H3/t16-,19-/m0/s1. The second-order valence-electron chi connectivity index (χ2n) is 7.20. The average Bonchev–Trinajstić information content (AvgIpc) is 2.79. The number of rotatable bonds is 5. The van der Waals surface area contributed by atoms with Gasteiger partial charge in [0.05, 0.1) is 0 Å². The molecule has 0 spiro atoms. The molecule has 0 radical (unpaired) electrons. The molecule has 1 aromatic carbocycles. The fraction of sp³-hybridized carbons (Fsp3) is 0.650.